The van der Waals surface area contributed by atoms with Crippen molar-refractivity contribution in [2.45, 2.75) is 49.0 Å². The van der Waals surface area contributed by atoms with E-state index < -0.39 is 81.6 Å². The van der Waals surface area contributed by atoms with Crippen LogP contribution in [0.3, 0.4) is 0 Å². The summed E-state index contributed by atoms with van der Waals surface area (Å²) in [5, 5.41) is 17.3. The van der Waals surface area contributed by atoms with Crippen molar-refractivity contribution in [1.82, 2.24) is 39.5 Å². The molecule has 8 N–H and O–H groups in total. The third-order valence-electron chi connectivity index (χ3n) is 7.07. The quantitative estimate of drug-likeness (QED) is 0.111. The van der Waals surface area contributed by atoms with Crippen LogP contribution in [0.5, 0.6) is 0 Å². The molecule has 0 radical (unpaired) electrons. The van der Waals surface area contributed by atoms with Gasteiger partial charge in [0.1, 0.15) is 36.1 Å². The first-order chi connectivity index (χ1) is 21.7. The van der Waals surface area contributed by atoms with Gasteiger partial charge in [-0.3, -0.25) is 14.3 Å². The molecule has 0 bridgehead atoms. The molecular formula is C20H23F3N10O9P2S2. The number of aliphatic hydroxyl groups is 1. The molecule has 6 rings (SSSR count). The Bertz CT molecular complexity index is 1920. The number of ether oxygens (including phenoxy) is 2. The Morgan fingerprint density at radius 3 is 2.72 bits per heavy atom. The van der Waals surface area contributed by atoms with Gasteiger partial charge in [0.15, 0.2) is 36.8 Å². The molecule has 2 fully saturated rings. The summed E-state index contributed by atoms with van der Waals surface area (Å²) in [7, 11) is -3.15. The number of hydrogen-bond donors (Lipinski definition) is 6. The van der Waals surface area contributed by atoms with Crippen molar-refractivity contribution in [3.63, 3.8) is 0 Å². The fourth-order valence-corrected chi connectivity index (χ4v) is 7.31. The number of nitrogens with one attached hydrogen (secondary N) is 1. The lowest BCUT2D eigenvalue weighted by atomic mass is 10.1. The second kappa shape index (κ2) is 12.4. The smallest absolute Gasteiger partial charge is 0.325 e. The number of fused-ring (bicyclic) bond motifs is 2. The number of nitrogens with two attached hydrogens (primary N) is 2. The predicted octanol–water partition coefficient (Wildman–Crippen LogP) is -0.613. The lowest BCUT2D eigenvalue weighted by Crippen LogP contribution is -2.40. The maximum absolute atomic E-state index is 15.8. The molecule has 2 unspecified atom stereocenters. The minimum atomic E-state index is -4.56. The van der Waals surface area contributed by atoms with Crippen molar-refractivity contribution in [2.24, 2.45) is 0 Å². The van der Waals surface area contributed by atoms with E-state index in [0.717, 1.165) is 15.6 Å². The maximum atomic E-state index is 15.8. The fourth-order valence-electron chi connectivity index (χ4n) is 5.07. The van der Waals surface area contributed by atoms with Crippen molar-refractivity contribution < 1.29 is 51.1 Å². The van der Waals surface area contributed by atoms with Crippen molar-refractivity contribution in [1.29, 1.82) is 0 Å². The Labute approximate surface area is 264 Å². The summed E-state index contributed by atoms with van der Waals surface area (Å²) in [6, 6.07) is 1.39. The molecule has 250 valence electrons. The Hall–Kier alpha value is -2.73. The van der Waals surface area contributed by atoms with Crippen molar-refractivity contribution >= 4 is 71.4 Å². The van der Waals surface area contributed by atoms with Gasteiger partial charge in [-0.2, -0.15) is 18.4 Å². The van der Waals surface area contributed by atoms with Crippen molar-refractivity contribution in [3.8, 4) is 0 Å². The van der Waals surface area contributed by atoms with Crippen LogP contribution < -0.4 is 17.0 Å². The highest BCUT2D eigenvalue weighted by Crippen LogP contribution is 2.53. The van der Waals surface area contributed by atoms with E-state index in [1.165, 1.54) is 12.3 Å². The normalized spacial score (nSPS) is 29.8. The van der Waals surface area contributed by atoms with Gasteiger partial charge in [-0.1, -0.05) is 5.21 Å². The van der Waals surface area contributed by atoms with Crippen LogP contribution in [-0.2, 0) is 46.7 Å². The molecule has 0 amide bonds. The van der Waals surface area contributed by atoms with Crippen molar-refractivity contribution in [2.75, 3.05) is 24.7 Å². The molecular weight excluding hydrogens is 707 g/mol. The average Bonchev–Trinajstić information content (AvgIpc) is 3.72. The second-order valence-corrected chi connectivity index (χ2v) is 14.5. The lowest BCUT2D eigenvalue weighted by Gasteiger charge is -2.26. The van der Waals surface area contributed by atoms with Gasteiger partial charge < -0.3 is 49.4 Å². The van der Waals surface area contributed by atoms with Gasteiger partial charge in [0, 0.05) is 6.20 Å². The highest BCUT2D eigenvalue weighted by Gasteiger charge is 2.62. The number of halogens is 3. The summed E-state index contributed by atoms with van der Waals surface area (Å²) in [6.45, 7) is -6.33. The topological polar surface area (TPSA) is 266 Å². The maximum Gasteiger partial charge on any atom is 0.325 e. The highest BCUT2D eigenvalue weighted by molar-refractivity contribution is 8.07. The number of aromatic nitrogens is 8. The molecule has 2 saturated heterocycles. The van der Waals surface area contributed by atoms with E-state index in [1.807, 2.05) is 0 Å². The second-order valence-electron chi connectivity index (χ2n) is 9.91. The lowest BCUT2D eigenvalue weighted by molar-refractivity contribution is -0.132. The van der Waals surface area contributed by atoms with Crippen molar-refractivity contribution in [3.05, 3.63) is 28.9 Å². The minimum Gasteiger partial charge on any atom is -0.394 e. The number of H-pyrrole nitrogens is 1. The summed E-state index contributed by atoms with van der Waals surface area (Å²) in [4.78, 5) is 46.8. The van der Waals surface area contributed by atoms with Gasteiger partial charge in [0.2, 0.25) is 12.2 Å². The molecule has 6 heterocycles. The number of rotatable bonds is 10. The number of aromatic amines is 1. The molecule has 9 atom stereocenters. The van der Waals surface area contributed by atoms with E-state index in [2.05, 4.69) is 42.1 Å². The number of anilines is 2. The first-order valence-corrected chi connectivity index (χ1v) is 18.0. The molecule has 4 aromatic rings. The number of hydrogen-bond acceptors (Lipinski definition) is 16. The largest absolute Gasteiger partial charge is 0.394 e. The standard InChI is InChI=1S/C20H23F3N10O9P2S2/c21-9-7(3-34)39-17(33-15-10(30-31-33)16(35)29-19(25)28-15)11(9)42-44(37,46)38-4-8-12(41-43(36)45)20(22,23)18(40-8)32-2-1-6-13(24)26-5-27-14(6)32/h1-2,5,7-9,11-12,17-18,34,43H,3-4H2,(H,36,45)(H,37,46)(H2,24,26,27)(H3,25,28,29,35)/t7-,8-,9+,11-,12-,17-,18-,44?/m1/s1. The molecule has 0 aromatic carbocycles. The third-order valence-corrected chi connectivity index (χ3v) is 9.37. The van der Waals surface area contributed by atoms with Crippen LogP contribution in [0.15, 0.2) is 23.4 Å². The van der Waals surface area contributed by atoms with Crippen LogP contribution in [0.1, 0.15) is 12.5 Å². The van der Waals surface area contributed by atoms with E-state index in [-0.39, 0.29) is 34.0 Å². The minimum absolute atomic E-state index is 0.000394. The van der Waals surface area contributed by atoms with E-state index >= 15 is 13.2 Å². The SMILES string of the molecule is Nc1nc2c(nnn2[C@@H]2O[C@H](CO)[C@H](F)[C@H]2OP(O)(=S)OC[C@H]2O[C@@H](n3ccc4c(N)ncnc43)C(F)(F)[C@@H]2O[PH](O)=S)c(=O)[nH]1. The summed E-state index contributed by atoms with van der Waals surface area (Å²) in [5.41, 5.74) is 10.1. The number of nitrogens with zero attached hydrogens (tertiary/aromatic N) is 7. The molecule has 19 nitrogen and oxygen atoms in total. The summed E-state index contributed by atoms with van der Waals surface area (Å²) >= 11 is 9.69. The van der Waals surface area contributed by atoms with Gasteiger partial charge in [0.25, 0.3) is 5.56 Å². The van der Waals surface area contributed by atoms with Crippen LogP contribution in [0.4, 0.5) is 24.9 Å². The molecule has 26 heteroatoms. The summed E-state index contributed by atoms with van der Waals surface area (Å²) in [5.74, 6) is -4.17. The van der Waals surface area contributed by atoms with Gasteiger partial charge >= 0.3 is 12.6 Å². The monoisotopic (exact) mass is 730 g/mol. The van der Waals surface area contributed by atoms with Crippen LogP contribution in [-0.4, -0.2) is 104 Å². The van der Waals surface area contributed by atoms with Crippen LogP contribution in [0.25, 0.3) is 22.2 Å². The van der Waals surface area contributed by atoms with E-state index in [0.29, 0.717) is 0 Å². The third kappa shape index (κ3) is 5.93. The number of aliphatic hydroxyl groups excluding tert-OH is 1. The summed E-state index contributed by atoms with van der Waals surface area (Å²) < 4.78 is 75.5. The number of alkyl halides is 3. The Kier molecular flexibility index (Phi) is 8.93. The highest BCUT2D eigenvalue weighted by atomic mass is 32.5. The van der Waals surface area contributed by atoms with E-state index in [1.54, 1.807) is 0 Å². The molecule has 2 aliphatic heterocycles. The Balaban J connectivity index is 1.24. The number of nitrogen functional groups attached to an aromatic ring is 2. The van der Waals surface area contributed by atoms with Gasteiger partial charge in [-0.15, -0.1) is 5.10 Å². The Morgan fingerprint density at radius 1 is 1.24 bits per heavy atom. The van der Waals surface area contributed by atoms with Gasteiger partial charge in [-0.25, -0.2) is 14.4 Å². The van der Waals surface area contributed by atoms with Crippen LogP contribution in [0, 0.1) is 0 Å². The molecule has 0 spiro atoms. The Morgan fingerprint density at radius 2 is 2.00 bits per heavy atom. The molecule has 4 aromatic heterocycles. The predicted molar refractivity (Wildman–Crippen MR) is 157 cm³/mol. The molecule has 46 heavy (non-hydrogen) atoms. The molecule has 2 aliphatic rings. The van der Waals surface area contributed by atoms with Crippen LogP contribution >= 0.6 is 13.9 Å². The first kappa shape index (κ1) is 33.2. The zero-order chi connectivity index (χ0) is 33.1. The van der Waals surface area contributed by atoms with Crippen LogP contribution in [0.2, 0.25) is 0 Å². The first-order valence-electron chi connectivity index (χ1n) is 12.9. The zero-order valence-electron chi connectivity index (χ0n) is 22.7. The van der Waals surface area contributed by atoms with Gasteiger partial charge in [0.05, 0.1) is 18.6 Å². The van der Waals surface area contributed by atoms with E-state index in [4.69, 9.17) is 46.3 Å². The van der Waals surface area contributed by atoms with Gasteiger partial charge in [-0.05, 0) is 29.7 Å². The zero-order valence-corrected chi connectivity index (χ0v) is 26.2. The summed E-state index contributed by atoms with van der Waals surface area (Å²) in [6.07, 6.45) is -10.8. The fraction of sp³-hybridized carbons (Fsp3) is 0.500. The van der Waals surface area contributed by atoms with E-state index in [9.17, 15) is 19.7 Å². The molecule has 0 saturated carbocycles. The molecule has 0 aliphatic carbocycles. The average molecular weight is 731 g/mol.